The summed E-state index contributed by atoms with van der Waals surface area (Å²) in [5, 5.41) is 7.88. The Bertz CT molecular complexity index is 600. The van der Waals surface area contributed by atoms with Gasteiger partial charge < -0.3 is 19.9 Å². The zero-order valence-corrected chi connectivity index (χ0v) is 13.8. The van der Waals surface area contributed by atoms with Crippen molar-refractivity contribution in [2.75, 3.05) is 21.3 Å². The fraction of sp³-hybridized carbons (Fsp3) is 0.385. The molecule has 1 heterocycles. The van der Waals surface area contributed by atoms with Crippen molar-refractivity contribution in [3.8, 4) is 17.2 Å². The number of halogens is 1. The van der Waals surface area contributed by atoms with Gasteiger partial charge in [-0.3, -0.25) is 0 Å². The predicted molar refractivity (Wildman–Crippen MR) is 80.8 cm³/mol. The lowest BCUT2D eigenvalue weighted by Gasteiger charge is -2.17. The van der Waals surface area contributed by atoms with Crippen molar-refractivity contribution in [3.05, 3.63) is 28.0 Å². The van der Waals surface area contributed by atoms with Gasteiger partial charge in [-0.25, -0.2) is 4.68 Å². The van der Waals surface area contributed by atoms with E-state index in [-0.39, 0.29) is 0 Å². The van der Waals surface area contributed by atoms with E-state index in [2.05, 4.69) is 26.2 Å². The van der Waals surface area contributed by atoms with Gasteiger partial charge in [0.2, 0.25) is 5.75 Å². The maximum atomic E-state index is 6.32. The molecule has 2 aromatic rings. The molecule has 114 valence electrons. The van der Waals surface area contributed by atoms with Gasteiger partial charge in [-0.1, -0.05) is 5.21 Å². The van der Waals surface area contributed by atoms with Crippen LogP contribution in [-0.2, 0) is 7.05 Å². The molecule has 1 aromatic heterocycles. The molecule has 7 nitrogen and oxygen atoms in total. The minimum Gasteiger partial charge on any atom is -0.493 e. The Hall–Kier alpha value is -1.80. The maximum Gasteiger partial charge on any atom is 0.203 e. The number of aromatic nitrogens is 3. The molecule has 0 fully saturated rings. The first-order valence-electron chi connectivity index (χ1n) is 6.14. The van der Waals surface area contributed by atoms with Crippen molar-refractivity contribution < 1.29 is 14.2 Å². The van der Waals surface area contributed by atoms with Crippen molar-refractivity contribution in [3.63, 3.8) is 0 Å². The number of benzene rings is 1. The van der Waals surface area contributed by atoms with Crippen LogP contribution in [-0.4, -0.2) is 36.3 Å². The predicted octanol–water partition coefficient (Wildman–Crippen LogP) is 1.65. The van der Waals surface area contributed by atoms with Gasteiger partial charge in [0.05, 0.1) is 33.1 Å². The van der Waals surface area contributed by atoms with E-state index in [4.69, 9.17) is 19.9 Å². The van der Waals surface area contributed by atoms with Crippen LogP contribution in [0.4, 0.5) is 0 Å². The highest BCUT2D eigenvalue weighted by Gasteiger charge is 2.22. The first-order chi connectivity index (χ1) is 10.0. The second kappa shape index (κ2) is 6.31. The summed E-state index contributed by atoms with van der Waals surface area (Å²) in [5.74, 6) is 1.63. The van der Waals surface area contributed by atoms with Crippen LogP contribution in [0.1, 0.15) is 17.3 Å². The van der Waals surface area contributed by atoms with Crippen LogP contribution in [0.25, 0.3) is 0 Å². The minimum atomic E-state index is -0.437. The lowest BCUT2D eigenvalue weighted by Crippen LogP contribution is -2.17. The third kappa shape index (κ3) is 2.81. The van der Waals surface area contributed by atoms with Gasteiger partial charge in [-0.2, -0.15) is 0 Å². The van der Waals surface area contributed by atoms with Gasteiger partial charge in [-0.15, -0.1) is 5.10 Å². The fourth-order valence-electron chi connectivity index (χ4n) is 2.11. The van der Waals surface area contributed by atoms with Crippen LogP contribution in [0.15, 0.2) is 16.7 Å². The summed E-state index contributed by atoms with van der Waals surface area (Å²) in [4.78, 5) is 0. The molecule has 0 amide bonds. The zero-order valence-electron chi connectivity index (χ0n) is 12.3. The van der Waals surface area contributed by atoms with Crippen LogP contribution in [0, 0.1) is 0 Å². The van der Waals surface area contributed by atoms with E-state index in [1.54, 1.807) is 33.1 Å². The van der Waals surface area contributed by atoms with E-state index >= 15 is 0 Å². The van der Waals surface area contributed by atoms with Crippen LogP contribution >= 0.6 is 15.9 Å². The number of nitrogens with zero attached hydrogens (tertiary/aromatic N) is 3. The monoisotopic (exact) mass is 356 g/mol. The Kier molecular flexibility index (Phi) is 4.69. The SMILES string of the molecule is COc1cc(C(N)c2c(Br)nnn2C)cc(OC)c1OC. The van der Waals surface area contributed by atoms with Crippen molar-refractivity contribution in [2.24, 2.45) is 12.8 Å². The number of hydrogen-bond acceptors (Lipinski definition) is 6. The number of rotatable bonds is 5. The summed E-state index contributed by atoms with van der Waals surface area (Å²) in [6.45, 7) is 0. The first-order valence-corrected chi connectivity index (χ1v) is 6.93. The van der Waals surface area contributed by atoms with E-state index < -0.39 is 6.04 Å². The van der Waals surface area contributed by atoms with Gasteiger partial charge in [0.15, 0.2) is 16.1 Å². The fourth-order valence-corrected chi connectivity index (χ4v) is 2.68. The molecule has 21 heavy (non-hydrogen) atoms. The summed E-state index contributed by atoms with van der Waals surface area (Å²) in [5.41, 5.74) is 7.87. The molecule has 0 aliphatic carbocycles. The van der Waals surface area contributed by atoms with Gasteiger partial charge in [-0.05, 0) is 33.6 Å². The average Bonchev–Trinajstić information content (AvgIpc) is 2.83. The van der Waals surface area contributed by atoms with Gasteiger partial charge in [0.25, 0.3) is 0 Å². The Morgan fingerprint density at radius 2 is 1.71 bits per heavy atom. The molecule has 1 aromatic carbocycles. The molecule has 1 unspecified atom stereocenters. The van der Waals surface area contributed by atoms with E-state index in [1.165, 1.54) is 0 Å². The van der Waals surface area contributed by atoms with Crippen molar-refractivity contribution in [1.82, 2.24) is 15.0 Å². The van der Waals surface area contributed by atoms with Crippen LogP contribution in [0.5, 0.6) is 17.2 Å². The van der Waals surface area contributed by atoms with Crippen molar-refractivity contribution in [1.29, 1.82) is 0 Å². The van der Waals surface area contributed by atoms with Crippen LogP contribution in [0.2, 0.25) is 0 Å². The lowest BCUT2D eigenvalue weighted by molar-refractivity contribution is 0.323. The van der Waals surface area contributed by atoms with Crippen LogP contribution in [0.3, 0.4) is 0 Å². The summed E-state index contributed by atoms with van der Waals surface area (Å²) < 4.78 is 18.2. The van der Waals surface area contributed by atoms with Gasteiger partial charge in [0, 0.05) is 7.05 Å². The maximum absolute atomic E-state index is 6.32. The second-order valence-electron chi connectivity index (χ2n) is 4.33. The number of aryl methyl sites for hydroxylation is 1. The number of ether oxygens (including phenoxy) is 3. The van der Waals surface area contributed by atoms with E-state index in [9.17, 15) is 0 Å². The first kappa shape index (κ1) is 15.6. The van der Waals surface area contributed by atoms with E-state index in [0.717, 1.165) is 11.3 Å². The quantitative estimate of drug-likeness (QED) is 0.876. The highest BCUT2D eigenvalue weighted by atomic mass is 79.9. The number of methoxy groups -OCH3 is 3. The average molecular weight is 357 g/mol. The number of hydrogen-bond donors (Lipinski definition) is 1. The Balaban J connectivity index is 2.54. The molecular formula is C13H17BrN4O3. The van der Waals surface area contributed by atoms with E-state index in [1.807, 2.05) is 12.1 Å². The standard InChI is InChI=1S/C13H17BrN4O3/c1-18-11(13(14)16-17-18)10(15)7-5-8(19-2)12(21-4)9(6-7)20-3/h5-6,10H,15H2,1-4H3. The molecule has 8 heteroatoms. The smallest absolute Gasteiger partial charge is 0.203 e. The number of nitrogens with two attached hydrogens (primary N) is 1. The normalized spacial score (nSPS) is 12.1. The lowest BCUT2D eigenvalue weighted by atomic mass is 10.0. The molecule has 0 aliphatic rings. The largest absolute Gasteiger partial charge is 0.493 e. The highest BCUT2D eigenvalue weighted by molar-refractivity contribution is 9.10. The highest BCUT2D eigenvalue weighted by Crippen LogP contribution is 2.40. The summed E-state index contributed by atoms with van der Waals surface area (Å²) in [6, 6.07) is 3.18. The summed E-state index contributed by atoms with van der Waals surface area (Å²) >= 11 is 3.35. The molecule has 0 bridgehead atoms. The molecule has 0 saturated heterocycles. The third-order valence-electron chi connectivity index (χ3n) is 3.17. The topological polar surface area (TPSA) is 84.4 Å². The minimum absolute atomic E-state index is 0.437. The summed E-state index contributed by atoms with van der Waals surface area (Å²) in [7, 11) is 6.47. The zero-order chi connectivity index (χ0) is 15.6. The van der Waals surface area contributed by atoms with Crippen LogP contribution < -0.4 is 19.9 Å². The molecular weight excluding hydrogens is 340 g/mol. The Morgan fingerprint density at radius 1 is 1.14 bits per heavy atom. The van der Waals surface area contributed by atoms with Crippen molar-refractivity contribution in [2.45, 2.75) is 6.04 Å². The van der Waals surface area contributed by atoms with E-state index in [0.29, 0.717) is 21.9 Å². The molecule has 0 radical (unpaired) electrons. The Labute approximate surface area is 131 Å². The molecule has 0 spiro atoms. The third-order valence-corrected chi connectivity index (χ3v) is 3.73. The molecule has 2 N–H and O–H groups in total. The summed E-state index contributed by atoms with van der Waals surface area (Å²) in [6.07, 6.45) is 0. The molecule has 0 aliphatic heterocycles. The Morgan fingerprint density at radius 3 is 2.10 bits per heavy atom. The van der Waals surface area contributed by atoms with Crippen molar-refractivity contribution >= 4 is 15.9 Å². The second-order valence-corrected chi connectivity index (χ2v) is 5.08. The van der Waals surface area contributed by atoms with Gasteiger partial charge >= 0.3 is 0 Å². The molecule has 2 rings (SSSR count). The molecule has 1 atom stereocenters. The van der Waals surface area contributed by atoms with Gasteiger partial charge in [0.1, 0.15) is 0 Å². The molecule has 0 saturated carbocycles.